The van der Waals surface area contributed by atoms with Crippen molar-refractivity contribution in [1.29, 1.82) is 0 Å². The molecular formula is C10H10F6O3. The highest BCUT2D eigenvalue weighted by Gasteiger charge is 2.72. The average Bonchev–Trinajstić information content (AvgIpc) is 2.36. The van der Waals surface area contributed by atoms with Crippen LogP contribution in [-0.2, 0) is 9.53 Å². The minimum absolute atomic E-state index is 0.241. The second-order valence-corrected chi connectivity index (χ2v) is 4.65. The van der Waals surface area contributed by atoms with Gasteiger partial charge in [-0.25, -0.2) is 4.79 Å². The highest BCUT2D eigenvalue weighted by molar-refractivity contribution is 5.90. The first-order chi connectivity index (χ1) is 8.22. The van der Waals surface area contributed by atoms with Crippen molar-refractivity contribution in [1.82, 2.24) is 0 Å². The summed E-state index contributed by atoms with van der Waals surface area (Å²) in [6.07, 6.45) is -14.2. The summed E-state index contributed by atoms with van der Waals surface area (Å²) in [7, 11) is 0. The Morgan fingerprint density at radius 3 is 1.95 bits per heavy atom. The van der Waals surface area contributed by atoms with E-state index in [2.05, 4.69) is 11.3 Å². The van der Waals surface area contributed by atoms with Crippen molar-refractivity contribution in [3.8, 4) is 0 Å². The number of esters is 1. The lowest BCUT2D eigenvalue weighted by atomic mass is 9.84. The molecule has 0 aromatic rings. The highest BCUT2D eigenvalue weighted by Crippen LogP contribution is 2.50. The topological polar surface area (TPSA) is 46.5 Å². The van der Waals surface area contributed by atoms with Crippen LogP contribution in [-0.4, -0.2) is 34.6 Å². The molecule has 0 spiro atoms. The van der Waals surface area contributed by atoms with Gasteiger partial charge in [0.1, 0.15) is 5.60 Å². The first-order valence-corrected chi connectivity index (χ1v) is 4.99. The number of aliphatic hydroxyl groups is 1. The van der Waals surface area contributed by atoms with E-state index in [1.165, 1.54) is 0 Å². The third-order valence-corrected chi connectivity index (χ3v) is 2.78. The molecule has 0 amide bonds. The Bertz CT molecular complexity index is 378. The van der Waals surface area contributed by atoms with E-state index < -0.39 is 42.4 Å². The number of carbonyl (C=O) groups is 1. The molecule has 3 nitrogen and oxygen atoms in total. The second kappa shape index (κ2) is 4.12. The molecule has 0 aromatic carbocycles. The summed E-state index contributed by atoms with van der Waals surface area (Å²) >= 11 is 0. The van der Waals surface area contributed by atoms with E-state index >= 15 is 0 Å². The van der Waals surface area contributed by atoms with Gasteiger partial charge in [0.05, 0.1) is 0 Å². The van der Waals surface area contributed by atoms with Crippen LogP contribution in [0.5, 0.6) is 0 Å². The van der Waals surface area contributed by atoms with Gasteiger partial charge in [-0.2, -0.15) is 26.3 Å². The van der Waals surface area contributed by atoms with E-state index in [0.29, 0.717) is 0 Å². The molecule has 1 heterocycles. The lowest BCUT2D eigenvalue weighted by molar-refractivity contribution is -0.377. The van der Waals surface area contributed by atoms with Crippen molar-refractivity contribution in [2.24, 2.45) is 0 Å². The normalized spacial score (nSPS) is 25.7. The van der Waals surface area contributed by atoms with Crippen LogP contribution in [0.4, 0.5) is 26.3 Å². The summed E-state index contributed by atoms with van der Waals surface area (Å²) < 4.78 is 79.4. The number of hydrogen-bond acceptors (Lipinski definition) is 3. The lowest BCUT2D eigenvalue weighted by Gasteiger charge is -2.37. The Labute approximate surface area is 103 Å². The van der Waals surface area contributed by atoms with E-state index in [4.69, 9.17) is 5.11 Å². The molecule has 9 heteroatoms. The third-order valence-electron chi connectivity index (χ3n) is 2.78. The minimum Gasteiger partial charge on any atom is -0.456 e. The Morgan fingerprint density at radius 1 is 1.26 bits per heavy atom. The molecule has 0 radical (unpaired) electrons. The Morgan fingerprint density at radius 2 is 1.68 bits per heavy atom. The van der Waals surface area contributed by atoms with Gasteiger partial charge in [-0.15, -0.1) is 0 Å². The van der Waals surface area contributed by atoms with Crippen LogP contribution >= 0.6 is 0 Å². The summed E-state index contributed by atoms with van der Waals surface area (Å²) in [5.41, 5.74) is -7.29. The lowest BCUT2D eigenvalue weighted by Crippen LogP contribution is -2.60. The maximum atomic E-state index is 12.5. The fourth-order valence-electron chi connectivity index (χ4n) is 1.86. The number of alkyl halides is 6. The summed E-state index contributed by atoms with van der Waals surface area (Å²) in [4.78, 5) is 11.0. The molecule has 1 saturated heterocycles. The van der Waals surface area contributed by atoms with Gasteiger partial charge in [0.25, 0.3) is 5.60 Å². The molecule has 1 N–H and O–H groups in total. The van der Waals surface area contributed by atoms with Gasteiger partial charge in [-0.1, -0.05) is 6.58 Å². The van der Waals surface area contributed by atoms with E-state index in [9.17, 15) is 31.1 Å². The largest absolute Gasteiger partial charge is 0.456 e. The zero-order valence-electron chi connectivity index (χ0n) is 9.65. The van der Waals surface area contributed by atoms with Gasteiger partial charge in [0, 0.05) is 18.4 Å². The quantitative estimate of drug-likeness (QED) is 0.483. The molecule has 19 heavy (non-hydrogen) atoms. The summed E-state index contributed by atoms with van der Waals surface area (Å²) in [5.74, 6) is -1.07. The van der Waals surface area contributed by atoms with Crippen molar-refractivity contribution in [2.75, 3.05) is 0 Å². The van der Waals surface area contributed by atoms with E-state index in [1.54, 1.807) is 0 Å². The smallest absolute Gasteiger partial charge is 0.426 e. The zero-order chi connectivity index (χ0) is 15.3. The maximum absolute atomic E-state index is 12.5. The van der Waals surface area contributed by atoms with Crippen LogP contribution < -0.4 is 0 Å². The molecule has 0 aromatic heterocycles. The molecular weight excluding hydrogens is 282 g/mol. The molecule has 0 saturated carbocycles. The van der Waals surface area contributed by atoms with Gasteiger partial charge < -0.3 is 9.84 Å². The van der Waals surface area contributed by atoms with Crippen LogP contribution in [0.25, 0.3) is 0 Å². The fraction of sp³-hybridized carbons (Fsp3) is 0.700. The molecule has 1 aliphatic heterocycles. The summed E-state index contributed by atoms with van der Waals surface area (Å²) in [5, 5.41) is 9.01. The second-order valence-electron chi connectivity index (χ2n) is 4.65. The van der Waals surface area contributed by atoms with Crippen LogP contribution in [0, 0.1) is 0 Å². The number of carbonyl (C=O) groups excluding carboxylic acids is 1. The average molecular weight is 292 g/mol. The number of rotatable bonds is 2. The van der Waals surface area contributed by atoms with Gasteiger partial charge in [0.15, 0.2) is 0 Å². The molecule has 1 atom stereocenters. The maximum Gasteiger partial charge on any atom is 0.426 e. The predicted molar refractivity (Wildman–Crippen MR) is 49.9 cm³/mol. The Kier molecular flexibility index (Phi) is 3.43. The predicted octanol–water partition coefficient (Wildman–Crippen LogP) is 2.49. The van der Waals surface area contributed by atoms with Gasteiger partial charge >= 0.3 is 18.3 Å². The standard InChI is InChI=1S/C10H10F6O3/c1-5-3-7(2,19-6(5)17)4-8(18,9(11,12)13)10(14,15)16/h18H,1,3-4H2,2H3. The van der Waals surface area contributed by atoms with Crippen molar-refractivity contribution in [3.63, 3.8) is 0 Å². The van der Waals surface area contributed by atoms with Crippen LogP contribution in [0.1, 0.15) is 19.8 Å². The first kappa shape index (κ1) is 15.8. The third kappa shape index (κ3) is 2.70. The minimum atomic E-state index is -5.94. The van der Waals surface area contributed by atoms with E-state index in [0.717, 1.165) is 6.92 Å². The SMILES string of the molecule is C=C1CC(C)(CC(O)(C(F)(F)F)C(F)(F)F)OC1=O. The van der Waals surface area contributed by atoms with Gasteiger partial charge in [-0.05, 0) is 6.92 Å². The van der Waals surface area contributed by atoms with E-state index in [-0.39, 0.29) is 5.57 Å². The Hall–Kier alpha value is -1.25. The number of cyclic esters (lactones) is 1. The summed E-state index contributed by atoms with van der Waals surface area (Å²) in [6, 6.07) is 0. The van der Waals surface area contributed by atoms with E-state index in [1.807, 2.05) is 0 Å². The molecule has 110 valence electrons. The molecule has 0 bridgehead atoms. The molecule has 1 aliphatic rings. The summed E-state index contributed by atoms with van der Waals surface area (Å²) in [6.45, 7) is 4.05. The number of hydrogen-bond donors (Lipinski definition) is 1. The molecule has 1 rings (SSSR count). The first-order valence-electron chi connectivity index (χ1n) is 4.99. The van der Waals surface area contributed by atoms with Crippen LogP contribution in [0.3, 0.4) is 0 Å². The molecule has 1 fully saturated rings. The Balaban J connectivity index is 3.12. The number of halogens is 6. The monoisotopic (exact) mass is 292 g/mol. The van der Waals surface area contributed by atoms with Crippen molar-refractivity contribution in [3.05, 3.63) is 12.2 Å². The van der Waals surface area contributed by atoms with Crippen LogP contribution in [0.15, 0.2) is 12.2 Å². The van der Waals surface area contributed by atoms with Crippen LogP contribution in [0.2, 0.25) is 0 Å². The van der Waals surface area contributed by atoms with Crippen molar-refractivity contribution in [2.45, 2.75) is 43.3 Å². The highest BCUT2D eigenvalue weighted by atomic mass is 19.4. The zero-order valence-corrected chi connectivity index (χ0v) is 9.65. The fourth-order valence-corrected chi connectivity index (χ4v) is 1.86. The molecule has 0 aliphatic carbocycles. The van der Waals surface area contributed by atoms with Crippen molar-refractivity contribution < 1.29 is 41.0 Å². The molecule has 1 unspecified atom stereocenters. The van der Waals surface area contributed by atoms with Crippen molar-refractivity contribution >= 4 is 5.97 Å². The van der Waals surface area contributed by atoms with Gasteiger partial charge in [-0.3, -0.25) is 0 Å². The van der Waals surface area contributed by atoms with Gasteiger partial charge in [0.2, 0.25) is 0 Å². The number of ether oxygens (including phenoxy) is 1.